The standard InChI is InChI=1S/C13H16BrFN2O3S/c1-13(2)4-3-5-17(13)12(18)8-6-9(15)11(14)10(7-8)21(16,19)20/h6-7H,3-5H2,1-2H3,(H2,16,19,20). The quantitative estimate of drug-likeness (QED) is 0.856. The smallest absolute Gasteiger partial charge is 0.254 e. The highest BCUT2D eigenvalue weighted by atomic mass is 79.9. The SMILES string of the molecule is CC1(C)CCCN1C(=O)c1cc(F)c(Br)c(S(N)(=O)=O)c1. The average molecular weight is 379 g/mol. The van der Waals surface area contributed by atoms with Gasteiger partial charge in [0.25, 0.3) is 5.91 Å². The minimum Gasteiger partial charge on any atom is -0.334 e. The van der Waals surface area contributed by atoms with E-state index in [4.69, 9.17) is 5.14 Å². The van der Waals surface area contributed by atoms with Crippen molar-refractivity contribution in [3.63, 3.8) is 0 Å². The van der Waals surface area contributed by atoms with E-state index in [1.165, 1.54) is 0 Å². The lowest BCUT2D eigenvalue weighted by Gasteiger charge is -2.31. The molecule has 0 aliphatic carbocycles. The molecule has 0 unspecified atom stereocenters. The van der Waals surface area contributed by atoms with Crippen LogP contribution in [0.2, 0.25) is 0 Å². The fraction of sp³-hybridized carbons (Fsp3) is 0.462. The van der Waals surface area contributed by atoms with Gasteiger partial charge in [-0.15, -0.1) is 0 Å². The van der Waals surface area contributed by atoms with E-state index >= 15 is 0 Å². The van der Waals surface area contributed by atoms with E-state index in [1.54, 1.807) is 4.90 Å². The summed E-state index contributed by atoms with van der Waals surface area (Å²) in [6.45, 7) is 4.41. The predicted octanol–water partition coefficient (Wildman–Crippen LogP) is 2.25. The molecule has 5 nitrogen and oxygen atoms in total. The van der Waals surface area contributed by atoms with Gasteiger partial charge in [0.1, 0.15) is 5.82 Å². The first-order chi connectivity index (χ1) is 9.54. The predicted molar refractivity (Wildman–Crippen MR) is 79.8 cm³/mol. The van der Waals surface area contributed by atoms with E-state index in [-0.39, 0.29) is 15.6 Å². The molecular weight excluding hydrogens is 363 g/mol. The zero-order valence-electron chi connectivity index (χ0n) is 11.7. The summed E-state index contributed by atoms with van der Waals surface area (Å²) in [5.41, 5.74) is -0.350. The Hall–Kier alpha value is -0.990. The first-order valence-electron chi connectivity index (χ1n) is 6.38. The number of primary sulfonamides is 1. The van der Waals surface area contributed by atoms with Gasteiger partial charge in [-0.2, -0.15) is 0 Å². The van der Waals surface area contributed by atoms with E-state index in [0.29, 0.717) is 6.54 Å². The summed E-state index contributed by atoms with van der Waals surface area (Å²) in [6.07, 6.45) is 1.71. The molecule has 1 aromatic carbocycles. The molecular formula is C13H16BrFN2O3S. The van der Waals surface area contributed by atoms with Gasteiger partial charge in [0.05, 0.1) is 9.37 Å². The fourth-order valence-electron chi connectivity index (χ4n) is 2.53. The molecule has 116 valence electrons. The maximum atomic E-state index is 13.9. The summed E-state index contributed by atoms with van der Waals surface area (Å²) in [7, 11) is -4.12. The van der Waals surface area contributed by atoms with Crippen LogP contribution < -0.4 is 5.14 Å². The van der Waals surface area contributed by atoms with Crippen LogP contribution in [0.3, 0.4) is 0 Å². The molecule has 1 aliphatic rings. The zero-order chi connectivity index (χ0) is 16.0. The number of hydrogen-bond acceptors (Lipinski definition) is 3. The second kappa shape index (κ2) is 5.33. The lowest BCUT2D eigenvalue weighted by molar-refractivity contribution is 0.0651. The Kier molecular flexibility index (Phi) is 4.16. The third-order valence-corrected chi connectivity index (χ3v) is 5.70. The highest BCUT2D eigenvalue weighted by Gasteiger charge is 2.36. The van der Waals surface area contributed by atoms with Crippen LogP contribution in [0, 0.1) is 5.82 Å². The third kappa shape index (κ3) is 3.12. The second-order valence-electron chi connectivity index (χ2n) is 5.69. The molecule has 1 aliphatic heterocycles. The molecule has 0 bridgehead atoms. The number of amides is 1. The maximum absolute atomic E-state index is 13.9. The fourth-order valence-corrected chi connectivity index (χ4v) is 4.08. The Morgan fingerprint density at radius 2 is 2.05 bits per heavy atom. The summed E-state index contributed by atoms with van der Waals surface area (Å²) >= 11 is 2.85. The van der Waals surface area contributed by atoms with E-state index in [1.807, 2.05) is 13.8 Å². The number of carbonyl (C=O) groups is 1. The molecule has 21 heavy (non-hydrogen) atoms. The molecule has 8 heteroatoms. The molecule has 1 fully saturated rings. The van der Waals surface area contributed by atoms with Crippen LogP contribution in [0.5, 0.6) is 0 Å². The molecule has 1 aromatic rings. The summed E-state index contributed by atoms with van der Waals surface area (Å²) < 4.78 is 36.6. The van der Waals surface area contributed by atoms with Gasteiger partial charge >= 0.3 is 0 Å². The summed E-state index contributed by atoms with van der Waals surface area (Å²) in [6, 6.07) is 2.13. The van der Waals surface area contributed by atoms with Gasteiger partial charge in [-0.05, 0) is 54.8 Å². The monoisotopic (exact) mass is 378 g/mol. The minimum absolute atomic E-state index is 0.0188. The van der Waals surface area contributed by atoms with Crippen molar-refractivity contribution < 1.29 is 17.6 Å². The molecule has 1 heterocycles. The molecule has 2 rings (SSSR count). The molecule has 0 aromatic heterocycles. The van der Waals surface area contributed by atoms with Crippen molar-refractivity contribution >= 4 is 31.9 Å². The number of carbonyl (C=O) groups excluding carboxylic acids is 1. The molecule has 0 saturated carbocycles. The Morgan fingerprint density at radius 1 is 1.43 bits per heavy atom. The van der Waals surface area contributed by atoms with Gasteiger partial charge in [-0.3, -0.25) is 4.79 Å². The molecule has 0 radical (unpaired) electrons. The number of nitrogens with zero attached hydrogens (tertiary/aromatic N) is 1. The van der Waals surface area contributed by atoms with Crippen molar-refractivity contribution in [3.05, 3.63) is 28.0 Å². The van der Waals surface area contributed by atoms with Gasteiger partial charge < -0.3 is 4.90 Å². The first-order valence-corrected chi connectivity index (χ1v) is 8.72. The number of likely N-dealkylation sites (tertiary alicyclic amines) is 1. The van der Waals surface area contributed by atoms with Crippen LogP contribution in [0.1, 0.15) is 37.0 Å². The molecule has 0 atom stereocenters. The van der Waals surface area contributed by atoms with E-state index in [2.05, 4.69) is 15.9 Å². The lowest BCUT2D eigenvalue weighted by atomic mass is 10.0. The highest BCUT2D eigenvalue weighted by Crippen LogP contribution is 2.32. The Balaban J connectivity index is 2.51. The van der Waals surface area contributed by atoms with Crippen LogP contribution in [0.25, 0.3) is 0 Å². The van der Waals surface area contributed by atoms with Crippen molar-refractivity contribution in [2.75, 3.05) is 6.54 Å². The lowest BCUT2D eigenvalue weighted by Crippen LogP contribution is -2.42. The Labute approximate surface area is 131 Å². The van der Waals surface area contributed by atoms with Crippen LogP contribution in [0.4, 0.5) is 4.39 Å². The number of hydrogen-bond donors (Lipinski definition) is 1. The normalized spacial score (nSPS) is 18.0. The summed E-state index contributed by atoms with van der Waals surface area (Å²) in [4.78, 5) is 13.7. The largest absolute Gasteiger partial charge is 0.334 e. The van der Waals surface area contributed by atoms with Crippen LogP contribution in [-0.2, 0) is 10.0 Å². The van der Waals surface area contributed by atoms with Gasteiger partial charge in [-0.1, -0.05) is 0 Å². The van der Waals surface area contributed by atoms with Gasteiger partial charge in [0, 0.05) is 17.6 Å². The summed E-state index contributed by atoms with van der Waals surface area (Å²) in [5.74, 6) is -1.23. The molecule has 0 spiro atoms. The highest BCUT2D eigenvalue weighted by molar-refractivity contribution is 9.10. The number of benzene rings is 1. The van der Waals surface area contributed by atoms with E-state index in [9.17, 15) is 17.6 Å². The van der Waals surface area contributed by atoms with Gasteiger partial charge in [0.2, 0.25) is 10.0 Å². The number of halogens is 2. The third-order valence-electron chi connectivity index (χ3n) is 3.69. The topological polar surface area (TPSA) is 80.5 Å². The van der Waals surface area contributed by atoms with Crippen LogP contribution >= 0.6 is 15.9 Å². The Morgan fingerprint density at radius 3 is 2.52 bits per heavy atom. The first kappa shape index (κ1) is 16.4. The maximum Gasteiger partial charge on any atom is 0.254 e. The van der Waals surface area contributed by atoms with Crippen molar-refractivity contribution in [1.29, 1.82) is 0 Å². The average Bonchev–Trinajstić information content (AvgIpc) is 2.69. The van der Waals surface area contributed by atoms with Crippen molar-refractivity contribution in [2.45, 2.75) is 37.1 Å². The second-order valence-corrected chi connectivity index (χ2v) is 8.01. The van der Waals surface area contributed by atoms with E-state index < -0.39 is 26.6 Å². The zero-order valence-corrected chi connectivity index (χ0v) is 14.1. The number of rotatable bonds is 2. The van der Waals surface area contributed by atoms with Crippen molar-refractivity contribution in [3.8, 4) is 0 Å². The Bertz CT molecular complexity index is 704. The summed E-state index contributed by atoms with van der Waals surface area (Å²) in [5, 5.41) is 5.05. The molecule has 2 N–H and O–H groups in total. The molecule has 1 amide bonds. The molecule has 1 saturated heterocycles. The van der Waals surface area contributed by atoms with Crippen LogP contribution in [0.15, 0.2) is 21.5 Å². The minimum atomic E-state index is -4.12. The number of sulfonamides is 1. The van der Waals surface area contributed by atoms with Crippen LogP contribution in [-0.4, -0.2) is 31.3 Å². The van der Waals surface area contributed by atoms with Crippen molar-refractivity contribution in [2.24, 2.45) is 5.14 Å². The number of nitrogens with two attached hydrogens (primary N) is 1. The van der Waals surface area contributed by atoms with E-state index in [0.717, 1.165) is 25.0 Å². The van der Waals surface area contributed by atoms with Gasteiger partial charge in [-0.25, -0.2) is 17.9 Å². The van der Waals surface area contributed by atoms with Gasteiger partial charge in [0.15, 0.2) is 0 Å². The van der Waals surface area contributed by atoms with Crippen molar-refractivity contribution in [1.82, 2.24) is 4.90 Å².